The van der Waals surface area contributed by atoms with Crippen LogP contribution in [0.3, 0.4) is 0 Å². The molecule has 2 aromatic heterocycles. The van der Waals surface area contributed by atoms with Crippen LogP contribution in [0.15, 0.2) is 24.4 Å². The number of imidazole rings is 1. The van der Waals surface area contributed by atoms with Crippen LogP contribution in [0, 0.1) is 5.92 Å². The van der Waals surface area contributed by atoms with E-state index in [2.05, 4.69) is 51.5 Å². The van der Waals surface area contributed by atoms with Crippen LogP contribution in [-0.2, 0) is 10.3 Å². The third-order valence-corrected chi connectivity index (χ3v) is 7.12. The van der Waals surface area contributed by atoms with E-state index < -0.39 is 5.54 Å². The third-order valence-electron chi connectivity index (χ3n) is 7.12. The molecule has 0 bridgehead atoms. The largest absolute Gasteiger partial charge is 0.340 e. The van der Waals surface area contributed by atoms with Gasteiger partial charge in [-0.05, 0) is 77.7 Å². The number of aromatic amines is 1. The fraction of sp³-hybridized carbons (Fsp3) is 0.625. The molecular weight excluding hydrogens is 388 g/mol. The first kappa shape index (κ1) is 20.6. The molecule has 4 heterocycles. The van der Waals surface area contributed by atoms with E-state index in [4.69, 9.17) is 4.98 Å². The molecule has 5 rings (SSSR count). The minimum absolute atomic E-state index is 0.0930. The van der Waals surface area contributed by atoms with E-state index in [-0.39, 0.29) is 17.9 Å². The van der Waals surface area contributed by atoms with Crippen molar-refractivity contribution in [2.75, 3.05) is 26.2 Å². The van der Waals surface area contributed by atoms with Gasteiger partial charge in [0, 0.05) is 36.3 Å². The van der Waals surface area contributed by atoms with Crippen molar-refractivity contribution in [2.24, 2.45) is 5.92 Å². The summed E-state index contributed by atoms with van der Waals surface area (Å²) in [5.41, 5.74) is 2.62. The van der Waals surface area contributed by atoms with E-state index in [0.29, 0.717) is 5.92 Å². The van der Waals surface area contributed by atoms with Gasteiger partial charge in [-0.1, -0.05) is 6.07 Å². The Balaban J connectivity index is 1.50. The zero-order valence-corrected chi connectivity index (χ0v) is 18.7. The van der Waals surface area contributed by atoms with Crippen LogP contribution in [0.1, 0.15) is 63.3 Å². The minimum atomic E-state index is -0.419. The zero-order chi connectivity index (χ0) is 21.4. The summed E-state index contributed by atoms with van der Waals surface area (Å²) in [7, 11) is 0. The van der Waals surface area contributed by atoms with Crippen LogP contribution in [0.25, 0.3) is 11.5 Å². The first-order valence-electron chi connectivity index (χ1n) is 11.9. The second kappa shape index (κ2) is 8.36. The predicted molar refractivity (Wildman–Crippen MR) is 121 cm³/mol. The smallest absolute Gasteiger partial charge is 0.226 e. The van der Waals surface area contributed by atoms with E-state index >= 15 is 0 Å². The van der Waals surface area contributed by atoms with E-state index in [1.54, 1.807) is 0 Å². The number of carbonyl (C=O) groups is 1. The minimum Gasteiger partial charge on any atom is -0.340 e. The van der Waals surface area contributed by atoms with Crippen LogP contribution >= 0.6 is 0 Å². The molecule has 2 saturated heterocycles. The summed E-state index contributed by atoms with van der Waals surface area (Å²) >= 11 is 0. The van der Waals surface area contributed by atoms with Gasteiger partial charge < -0.3 is 20.5 Å². The first-order valence-corrected chi connectivity index (χ1v) is 11.9. The Morgan fingerprint density at radius 3 is 2.61 bits per heavy atom. The number of rotatable bonds is 6. The number of pyridine rings is 1. The second-order valence-electron chi connectivity index (χ2n) is 9.65. The second-order valence-corrected chi connectivity index (χ2v) is 9.65. The Bertz CT molecular complexity index is 922. The monoisotopic (exact) mass is 422 g/mol. The van der Waals surface area contributed by atoms with Crippen LogP contribution in [0.4, 0.5) is 0 Å². The van der Waals surface area contributed by atoms with Gasteiger partial charge in [0.05, 0.1) is 11.2 Å². The zero-order valence-electron chi connectivity index (χ0n) is 18.7. The molecule has 166 valence electrons. The third kappa shape index (κ3) is 3.89. The number of hydrogen-bond acceptors (Lipinski definition) is 5. The number of piperidine rings is 1. The van der Waals surface area contributed by atoms with Crippen molar-refractivity contribution in [3.8, 4) is 11.5 Å². The summed E-state index contributed by atoms with van der Waals surface area (Å²) in [6.45, 7) is 7.74. The Hall–Kier alpha value is -2.25. The topological polar surface area (TPSA) is 85.9 Å². The van der Waals surface area contributed by atoms with Crippen molar-refractivity contribution in [2.45, 2.75) is 63.5 Å². The summed E-state index contributed by atoms with van der Waals surface area (Å²) < 4.78 is 0. The van der Waals surface area contributed by atoms with E-state index in [1.807, 2.05) is 12.3 Å². The molecule has 1 amide bonds. The first-order chi connectivity index (χ1) is 15.1. The number of nitrogens with zero attached hydrogens (tertiary/aromatic N) is 3. The highest BCUT2D eigenvalue weighted by Crippen LogP contribution is 2.40. The number of hydrogen-bond donors (Lipinski definition) is 3. The highest BCUT2D eigenvalue weighted by Gasteiger charge is 2.47. The lowest BCUT2D eigenvalue weighted by molar-refractivity contribution is -0.146. The summed E-state index contributed by atoms with van der Waals surface area (Å²) in [4.78, 5) is 29.1. The molecule has 3 fully saturated rings. The molecule has 1 atom stereocenters. The standard InChI is InChI=1S/C24H34N6O/c1-16(2)30(23(31)18-8-11-25-12-9-18)24(10-13-26-15-24)21-5-3-4-19(28-21)22-27-14-20(29-22)17-6-7-17/h3-5,14,16-18,25-26H,6-13,15H2,1-2H3,(H,27,29)/t24-/m1/s1. The molecule has 1 aliphatic carbocycles. The maximum Gasteiger partial charge on any atom is 0.226 e. The average Bonchev–Trinajstić information content (AvgIpc) is 3.32. The Morgan fingerprint density at radius 2 is 1.94 bits per heavy atom. The number of aromatic nitrogens is 3. The van der Waals surface area contributed by atoms with Gasteiger partial charge in [-0.25, -0.2) is 9.97 Å². The van der Waals surface area contributed by atoms with E-state index in [0.717, 1.165) is 62.7 Å². The summed E-state index contributed by atoms with van der Waals surface area (Å²) in [5.74, 6) is 1.83. The number of amides is 1. The molecule has 0 unspecified atom stereocenters. The summed E-state index contributed by atoms with van der Waals surface area (Å²) in [6, 6.07) is 6.28. The molecule has 2 aliphatic heterocycles. The Morgan fingerprint density at radius 1 is 1.13 bits per heavy atom. The maximum absolute atomic E-state index is 13.8. The average molecular weight is 423 g/mol. The molecule has 7 nitrogen and oxygen atoms in total. The fourth-order valence-corrected chi connectivity index (χ4v) is 5.34. The van der Waals surface area contributed by atoms with Gasteiger partial charge in [-0.2, -0.15) is 0 Å². The van der Waals surface area contributed by atoms with Gasteiger partial charge in [0.25, 0.3) is 0 Å². The number of nitrogens with one attached hydrogen (secondary N) is 3. The normalized spacial score (nSPS) is 24.6. The molecule has 0 radical (unpaired) electrons. The number of carbonyl (C=O) groups excluding carboxylic acids is 1. The SMILES string of the molecule is CC(C)N(C(=O)C1CCNCC1)[C@]1(c2cccc(-c3ncc(C4CC4)[nH]3)n2)CCNC1. The Kier molecular flexibility index (Phi) is 5.56. The van der Waals surface area contributed by atoms with Crippen LogP contribution in [0.5, 0.6) is 0 Å². The van der Waals surface area contributed by atoms with Crippen molar-refractivity contribution < 1.29 is 4.79 Å². The van der Waals surface area contributed by atoms with Crippen molar-refractivity contribution in [3.63, 3.8) is 0 Å². The molecular formula is C24H34N6O. The molecule has 0 aromatic carbocycles. The van der Waals surface area contributed by atoms with E-state index in [1.165, 1.54) is 18.5 Å². The lowest BCUT2D eigenvalue weighted by atomic mass is 9.86. The molecule has 3 aliphatic rings. The quantitative estimate of drug-likeness (QED) is 0.667. The van der Waals surface area contributed by atoms with Crippen molar-refractivity contribution in [1.29, 1.82) is 0 Å². The molecule has 2 aromatic rings. The van der Waals surface area contributed by atoms with Gasteiger partial charge in [0.15, 0.2) is 5.82 Å². The molecule has 3 N–H and O–H groups in total. The highest BCUT2D eigenvalue weighted by atomic mass is 16.2. The van der Waals surface area contributed by atoms with E-state index in [9.17, 15) is 4.79 Å². The van der Waals surface area contributed by atoms with Crippen molar-refractivity contribution in [3.05, 3.63) is 35.8 Å². The van der Waals surface area contributed by atoms with Gasteiger partial charge in [-0.15, -0.1) is 0 Å². The summed E-state index contributed by atoms with van der Waals surface area (Å²) in [6.07, 6.45) is 7.14. The van der Waals surface area contributed by atoms with Gasteiger partial charge in [-0.3, -0.25) is 4.79 Å². The lowest BCUT2D eigenvalue weighted by Gasteiger charge is -2.45. The van der Waals surface area contributed by atoms with Gasteiger partial charge >= 0.3 is 0 Å². The van der Waals surface area contributed by atoms with Gasteiger partial charge in [0.2, 0.25) is 5.91 Å². The molecule has 1 saturated carbocycles. The Labute approximate surface area is 184 Å². The lowest BCUT2D eigenvalue weighted by Crippen LogP contribution is -2.57. The van der Waals surface area contributed by atoms with Crippen LogP contribution < -0.4 is 10.6 Å². The predicted octanol–water partition coefficient (Wildman–Crippen LogP) is 2.77. The summed E-state index contributed by atoms with van der Waals surface area (Å²) in [5, 5.41) is 6.90. The maximum atomic E-state index is 13.8. The van der Waals surface area contributed by atoms with Crippen molar-refractivity contribution >= 4 is 5.91 Å². The fourth-order valence-electron chi connectivity index (χ4n) is 5.34. The van der Waals surface area contributed by atoms with Gasteiger partial charge in [0.1, 0.15) is 5.69 Å². The van der Waals surface area contributed by atoms with Crippen LogP contribution in [-0.4, -0.2) is 58.0 Å². The number of H-pyrrole nitrogens is 1. The highest BCUT2D eigenvalue weighted by molar-refractivity contribution is 5.80. The molecule has 7 heteroatoms. The molecule has 0 spiro atoms. The molecule has 31 heavy (non-hydrogen) atoms. The van der Waals surface area contributed by atoms with Crippen LogP contribution in [0.2, 0.25) is 0 Å². The van der Waals surface area contributed by atoms with Crippen molar-refractivity contribution in [1.82, 2.24) is 30.5 Å².